The van der Waals surface area contributed by atoms with Crippen LogP contribution >= 0.6 is 0 Å². The fraction of sp³-hybridized carbons (Fsp3) is 0.231. The van der Waals surface area contributed by atoms with Crippen molar-refractivity contribution in [1.29, 1.82) is 0 Å². The Labute approximate surface area is 102 Å². The number of hydrogen-bond donors (Lipinski definition) is 1. The van der Waals surface area contributed by atoms with E-state index in [1.165, 1.54) is 13.1 Å². The zero-order valence-electron chi connectivity index (χ0n) is 10.5. The van der Waals surface area contributed by atoms with Crippen LogP contribution in [0.2, 0.25) is 0 Å². The topological polar surface area (TPSA) is 57.6 Å². The molecule has 1 amide bonds. The molecule has 0 aliphatic heterocycles. The van der Waals surface area contributed by atoms with Gasteiger partial charge in [-0.25, -0.2) is 4.79 Å². The summed E-state index contributed by atoms with van der Waals surface area (Å²) in [7, 11) is 0. The third-order valence-corrected chi connectivity index (χ3v) is 2.29. The van der Waals surface area contributed by atoms with Crippen molar-refractivity contribution in [2.75, 3.05) is 0 Å². The van der Waals surface area contributed by atoms with Gasteiger partial charge in [-0.05, 0) is 18.6 Å². The average Bonchev–Trinajstić information content (AvgIpc) is 2.39. The van der Waals surface area contributed by atoms with Gasteiger partial charge in [0.1, 0.15) is 6.04 Å². The molecule has 0 unspecified atom stereocenters. The monoisotopic (exact) mass is 234 g/mol. The van der Waals surface area contributed by atoms with E-state index < -0.39 is 24.8 Å². The van der Waals surface area contributed by atoms with Gasteiger partial charge in [-0.3, -0.25) is 4.79 Å². The largest absolute Gasteiger partial charge is 0.480 e. The molecule has 4 heteroatoms. The molecule has 0 spiro atoms. The van der Waals surface area contributed by atoms with Crippen LogP contribution in [0.15, 0.2) is 36.5 Å². The van der Waals surface area contributed by atoms with Crippen molar-refractivity contribution >= 4 is 18.0 Å². The van der Waals surface area contributed by atoms with Crippen LogP contribution in [0, 0.1) is 0 Å². The van der Waals surface area contributed by atoms with Crippen molar-refractivity contribution in [1.82, 2.24) is 4.90 Å². The Bertz CT molecular complexity index is 445. The summed E-state index contributed by atoms with van der Waals surface area (Å²) in [5, 5.41) is 8.91. The van der Waals surface area contributed by atoms with Crippen LogP contribution in [0.4, 0.5) is 0 Å². The Morgan fingerprint density at radius 1 is 1.41 bits per heavy atom. The maximum atomic E-state index is 11.5. The molecule has 0 aliphatic rings. The van der Waals surface area contributed by atoms with Gasteiger partial charge in [-0.1, -0.05) is 30.3 Å². The van der Waals surface area contributed by atoms with E-state index in [1.807, 2.05) is 30.3 Å². The van der Waals surface area contributed by atoms with Gasteiger partial charge in [0, 0.05) is 14.5 Å². The minimum Gasteiger partial charge on any atom is -0.480 e. The third-order valence-electron chi connectivity index (χ3n) is 2.29. The molecule has 1 atom stereocenters. The van der Waals surface area contributed by atoms with Crippen LogP contribution in [-0.2, 0) is 9.59 Å². The van der Waals surface area contributed by atoms with Crippen LogP contribution in [0.25, 0.3) is 6.08 Å². The second-order valence-corrected chi connectivity index (χ2v) is 3.54. The van der Waals surface area contributed by atoms with E-state index in [4.69, 9.17) is 6.48 Å². The lowest BCUT2D eigenvalue weighted by molar-refractivity contribution is -0.146. The number of rotatable bonds is 4. The molecule has 1 N–H and O–H groups in total. The summed E-state index contributed by atoms with van der Waals surface area (Å²) in [6.07, 6.45) is 3.05. The predicted molar refractivity (Wildman–Crippen MR) is 65.1 cm³/mol. The Balaban J connectivity index is 2.88. The summed E-state index contributed by atoms with van der Waals surface area (Å²) in [5.41, 5.74) is 0.859. The summed E-state index contributed by atoms with van der Waals surface area (Å²) >= 11 is 0. The van der Waals surface area contributed by atoms with Gasteiger partial charge in [-0.2, -0.15) is 0 Å². The molecule has 90 valence electrons. The number of nitrogens with zero attached hydrogens (tertiary/aromatic N) is 1. The number of benzene rings is 1. The maximum absolute atomic E-state index is 11.5. The molecular formula is C13H15NO3. The first-order chi connectivity index (χ1) is 8.56. The van der Waals surface area contributed by atoms with Crippen molar-refractivity contribution in [3.05, 3.63) is 42.1 Å². The first kappa shape index (κ1) is 11.4. The van der Waals surface area contributed by atoms with Crippen molar-refractivity contribution in [2.45, 2.75) is 19.9 Å². The molecule has 0 fully saturated rings. The summed E-state index contributed by atoms with van der Waals surface area (Å²) in [4.78, 5) is 23.4. The van der Waals surface area contributed by atoms with E-state index in [0.29, 0.717) is 0 Å². The van der Waals surface area contributed by atoms with Gasteiger partial charge in [0.05, 0.1) is 0 Å². The molecular weight excluding hydrogens is 218 g/mol. The van der Waals surface area contributed by atoms with Crippen molar-refractivity contribution in [3.8, 4) is 0 Å². The van der Waals surface area contributed by atoms with Gasteiger partial charge in [0.25, 0.3) is 0 Å². The van der Waals surface area contributed by atoms with Crippen LogP contribution in [0.3, 0.4) is 0 Å². The fourth-order valence-electron chi connectivity index (χ4n) is 1.28. The van der Waals surface area contributed by atoms with Gasteiger partial charge in [0.2, 0.25) is 5.91 Å². The molecule has 1 aromatic rings. The molecule has 0 heterocycles. The minimum atomic E-state index is -1.10. The standard InChI is InChI=1S/C13H15NO3/c1-10(13(16)17)14(11(2)15)9-8-12-6-4-3-5-7-12/h3-10H,1-2H3,(H,16,17)/t10-/m0/s1/i2D. The number of carbonyl (C=O) groups excluding carboxylic acids is 1. The van der Waals surface area contributed by atoms with E-state index in [2.05, 4.69) is 0 Å². The molecule has 0 saturated heterocycles. The van der Waals surface area contributed by atoms with Crippen LogP contribution in [0.1, 0.15) is 20.8 Å². The molecule has 0 saturated carbocycles. The smallest absolute Gasteiger partial charge is 0.326 e. The van der Waals surface area contributed by atoms with Gasteiger partial charge in [-0.15, -0.1) is 0 Å². The second-order valence-electron chi connectivity index (χ2n) is 3.54. The molecule has 17 heavy (non-hydrogen) atoms. The van der Waals surface area contributed by atoms with Crippen LogP contribution in [-0.4, -0.2) is 27.9 Å². The quantitative estimate of drug-likeness (QED) is 0.866. The summed E-state index contributed by atoms with van der Waals surface area (Å²) < 4.78 is 7.04. The summed E-state index contributed by atoms with van der Waals surface area (Å²) in [5.74, 6) is -1.65. The molecule has 0 radical (unpaired) electrons. The van der Waals surface area contributed by atoms with Gasteiger partial charge >= 0.3 is 5.97 Å². The second kappa shape index (κ2) is 5.84. The average molecular weight is 234 g/mol. The molecule has 4 nitrogen and oxygen atoms in total. The van der Waals surface area contributed by atoms with E-state index in [-0.39, 0.29) is 0 Å². The Morgan fingerprint density at radius 3 is 2.59 bits per heavy atom. The number of carboxylic acids is 1. The molecule has 0 aromatic heterocycles. The van der Waals surface area contributed by atoms with Gasteiger partial charge < -0.3 is 10.0 Å². The Kier molecular flexibility index (Phi) is 3.91. The van der Waals surface area contributed by atoms with Crippen molar-refractivity contribution in [2.24, 2.45) is 0 Å². The lowest BCUT2D eigenvalue weighted by Crippen LogP contribution is -2.38. The number of amides is 1. The SMILES string of the molecule is [2H]CC(=O)N(C=Cc1ccccc1)[C@@H](C)C(=O)O. The number of carboxylic acid groups (broad SMARTS) is 1. The lowest BCUT2D eigenvalue weighted by atomic mass is 10.2. The molecule has 0 bridgehead atoms. The maximum Gasteiger partial charge on any atom is 0.326 e. The third kappa shape index (κ3) is 3.75. The Morgan fingerprint density at radius 2 is 2.06 bits per heavy atom. The Hall–Kier alpha value is -2.10. The van der Waals surface area contributed by atoms with E-state index in [1.54, 1.807) is 6.08 Å². The molecule has 0 aliphatic carbocycles. The van der Waals surface area contributed by atoms with Gasteiger partial charge in [0.15, 0.2) is 0 Å². The summed E-state index contributed by atoms with van der Waals surface area (Å²) in [6.45, 7) is 0.933. The number of hydrogen-bond acceptors (Lipinski definition) is 2. The highest BCUT2D eigenvalue weighted by Crippen LogP contribution is 2.06. The normalized spacial score (nSPS) is 13.1. The minimum absolute atomic E-state index is 0.475. The van der Waals surface area contributed by atoms with Crippen molar-refractivity contribution < 1.29 is 16.1 Å². The molecule has 1 aromatic carbocycles. The fourth-order valence-corrected chi connectivity index (χ4v) is 1.28. The highest BCUT2D eigenvalue weighted by atomic mass is 16.4. The van der Waals surface area contributed by atoms with Crippen LogP contribution < -0.4 is 0 Å². The zero-order valence-corrected chi connectivity index (χ0v) is 9.54. The highest BCUT2D eigenvalue weighted by Gasteiger charge is 2.20. The molecule has 1 rings (SSSR count). The number of aliphatic carboxylic acids is 1. The van der Waals surface area contributed by atoms with Crippen molar-refractivity contribution in [3.63, 3.8) is 0 Å². The zero-order chi connectivity index (χ0) is 13.5. The van der Waals surface area contributed by atoms with Crippen LogP contribution in [0.5, 0.6) is 0 Å². The summed E-state index contributed by atoms with van der Waals surface area (Å²) in [6, 6.07) is 8.25. The predicted octanol–water partition coefficient (Wildman–Crippen LogP) is 1.98. The first-order valence-electron chi connectivity index (χ1n) is 5.83. The van der Waals surface area contributed by atoms with E-state index in [0.717, 1.165) is 10.5 Å². The number of carbonyl (C=O) groups is 2. The lowest BCUT2D eigenvalue weighted by Gasteiger charge is -2.20. The first-order valence-corrected chi connectivity index (χ1v) is 5.12. The highest BCUT2D eigenvalue weighted by molar-refractivity contribution is 5.83. The van der Waals surface area contributed by atoms with E-state index in [9.17, 15) is 9.59 Å². The van der Waals surface area contributed by atoms with E-state index >= 15 is 0 Å².